The maximum absolute atomic E-state index is 11.3. The summed E-state index contributed by atoms with van der Waals surface area (Å²) in [7, 11) is 0. The van der Waals surface area contributed by atoms with E-state index >= 15 is 0 Å². The second kappa shape index (κ2) is 3.07. The van der Waals surface area contributed by atoms with Crippen molar-refractivity contribution in [1.82, 2.24) is 0 Å². The fraction of sp³-hybridized carbons (Fsp3) is 0.800. The smallest absolute Gasteiger partial charge is 0.178 e. The lowest BCUT2D eigenvalue weighted by molar-refractivity contribution is -0.114. The normalized spacial score (nSPS) is 57.1. The quantitative estimate of drug-likeness (QED) is 0.427. The van der Waals surface area contributed by atoms with Crippen LogP contribution < -0.4 is 0 Å². The van der Waals surface area contributed by atoms with Crippen LogP contribution in [0.4, 0.5) is 0 Å². The Kier molecular flexibility index (Phi) is 1.91. The highest BCUT2D eigenvalue weighted by molar-refractivity contribution is 5.71. The molecule has 3 nitrogen and oxygen atoms in total. The third-order valence-electron chi connectivity index (χ3n) is 6.05. The van der Waals surface area contributed by atoms with E-state index in [0.717, 1.165) is 12.7 Å². The molecule has 0 amide bonds. The van der Waals surface area contributed by atoms with Crippen molar-refractivity contribution >= 4 is 6.29 Å². The van der Waals surface area contributed by atoms with Crippen LogP contribution in [0.5, 0.6) is 0 Å². The molecule has 2 aliphatic heterocycles. The molecule has 2 heterocycles. The Balaban J connectivity index is 1.76. The topological polar surface area (TPSA) is 42.1 Å². The number of hydrogen-bond donors (Lipinski definition) is 0. The molecule has 2 aliphatic carbocycles. The zero-order valence-corrected chi connectivity index (χ0v) is 11.1. The molecule has 0 aromatic rings. The summed E-state index contributed by atoms with van der Waals surface area (Å²) in [6, 6.07) is 0. The zero-order chi connectivity index (χ0) is 12.6. The molecule has 3 heteroatoms. The summed E-state index contributed by atoms with van der Waals surface area (Å²) in [5.41, 5.74) is 0.720. The van der Waals surface area contributed by atoms with Gasteiger partial charge in [-0.3, -0.25) is 4.79 Å². The zero-order valence-electron chi connectivity index (χ0n) is 11.1. The van der Waals surface area contributed by atoms with Gasteiger partial charge in [0.1, 0.15) is 11.7 Å². The van der Waals surface area contributed by atoms with Crippen LogP contribution in [0.15, 0.2) is 11.6 Å². The van der Waals surface area contributed by atoms with Crippen LogP contribution in [-0.4, -0.2) is 30.2 Å². The first-order valence-electron chi connectivity index (χ1n) is 7.07. The van der Waals surface area contributed by atoms with Crippen molar-refractivity contribution in [3.63, 3.8) is 0 Å². The summed E-state index contributed by atoms with van der Waals surface area (Å²) in [4.78, 5) is 11.3. The van der Waals surface area contributed by atoms with E-state index in [-0.39, 0.29) is 17.1 Å². The fourth-order valence-corrected chi connectivity index (χ4v) is 4.43. The molecule has 0 radical (unpaired) electrons. The molecule has 18 heavy (non-hydrogen) atoms. The third-order valence-corrected chi connectivity index (χ3v) is 6.05. The fourth-order valence-electron chi connectivity index (χ4n) is 4.43. The minimum atomic E-state index is -0.625. The van der Waals surface area contributed by atoms with Gasteiger partial charge in [0.2, 0.25) is 0 Å². The van der Waals surface area contributed by atoms with Crippen molar-refractivity contribution in [3.8, 4) is 0 Å². The summed E-state index contributed by atoms with van der Waals surface area (Å²) < 4.78 is 11.6. The second-order valence-electron chi connectivity index (χ2n) is 6.69. The molecule has 4 rings (SSSR count). The van der Waals surface area contributed by atoms with E-state index in [1.54, 1.807) is 5.57 Å². The van der Waals surface area contributed by atoms with Gasteiger partial charge in [-0.2, -0.15) is 0 Å². The molecule has 0 aromatic carbocycles. The van der Waals surface area contributed by atoms with Gasteiger partial charge in [0.05, 0.1) is 6.61 Å². The Labute approximate surface area is 108 Å². The predicted octanol–water partition coefficient (Wildman–Crippen LogP) is 2.25. The van der Waals surface area contributed by atoms with E-state index < -0.39 is 5.60 Å². The third kappa shape index (κ3) is 1.03. The number of fused-ring (bicyclic) bond motifs is 3. The summed E-state index contributed by atoms with van der Waals surface area (Å²) in [6.07, 6.45) is 8.11. The molecule has 2 saturated heterocycles. The number of aldehydes is 1. The van der Waals surface area contributed by atoms with Gasteiger partial charge in [-0.25, -0.2) is 0 Å². The highest BCUT2D eigenvalue weighted by Gasteiger charge is 2.80. The van der Waals surface area contributed by atoms with E-state index in [1.165, 1.54) is 19.3 Å². The molecule has 5 unspecified atom stereocenters. The van der Waals surface area contributed by atoms with Crippen molar-refractivity contribution in [2.75, 3.05) is 6.61 Å². The standard InChI is InChI=1S/C15H20O3/c1-10-4-3-5-11-6-7-15(14(8-16)9-17-14)12(18-15)13(10,11)2/h6,8,10,12H,3-5,7,9H2,1-2H3. The average Bonchev–Trinajstić information content (AvgIpc) is 3.24. The van der Waals surface area contributed by atoms with Crippen molar-refractivity contribution in [2.45, 2.75) is 56.8 Å². The van der Waals surface area contributed by atoms with Crippen LogP contribution in [0.1, 0.15) is 39.5 Å². The van der Waals surface area contributed by atoms with Crippen LogP contribution in [0.3, 0.4) is 0 Å². The van der Waals surface area contributed by atoms with Crippen LogP contribution in [-0.2, 0) is 14.3 Å². The van der Waals surface area contributed by atoms with Gasteiger partial charge in [0.25, 0.3) is 0 Å². The van der Waals surface area contributed by atoms with E-state index in [4.69, 9.17) is 9.47 Å². The lowest BCUT2D eigenvalue weighted by Gasteiger charge is -2.44. The van der Waals surface area contributed by atoms with Gasteiger partial charge < -0.3 is 9.47 Å². The molecule has 3 fully saturated rings. The van der Waals surface area contributed by atoms with Crippen molar-refractivity contribution in [3.05, 3.63) is 11.6 Å². The van der Waals surface area contributed by atoms with Gasteiger partial charge in [-0.1, -0.05) is 25.5 Å². The number of carbonyl (C=O) groups excluding carboxylic acids is 1. The Morgan fingerprint density at radius 3 is 2.94 bits per heavy atom. The van der Waals surface area contributed by atoms with Gasteiger partial charge in [-0.05, 0) is 25.2 Å². The Hall–Kier alpha value is -0.670. The van der Waals surface area contributed by atoms with E-state index in [0.29, 0.717) is 12.5 Å². The Bertz CT molecular complexity index is 451. The van der Waals surface area contributed by atoms with Crippen molar-refractivity contribution < 1.29 is 14.3 Å². The number of carbonyl (C=O) groups is 1. The van der Waals surface area contributed by atoms with Crippen LogP contribution in [0.25, 0.3) is 0 Å². The maximum Gasteiger partial charge on any atom is 0.178 e. The molecular formula is C15H20O3. The van der Waals surface area contributed by atoms with Crippen molar-refractivity contribution in [1.29, 1.82) is 0 Å². The first-order valence-corrected chi connectivity index (χ1v) is 7.07. The van der Waals surface area contributed by atoms with E-state index in [2.05, 4.69) is 19.9 Å². The van der Waals surface area contributed by atoms with Gasteiger partial charge in [-0.15, -0.1) is 0 Å². The molecule has 0 bridgehead atoms. The monoisotopic (exact) mass is 248 g/mol. The number of hydrogen-bond acceptors (Lipinski definition) is 3. The van der Waals surface area contributed by atoms with E-state index in [9.17, 15) is 4.79 Å². The lowest BCUT2D eigenvalue weighted by Crippen LogP contribution is -2.48. The average molecular weight is 248 g/mol. The number of epoxide rings is 2. The molecule has 0 aromatic heterocycles. The molecule has 1 saturated carbocycles. The largest absolute Gasteiger partial charge is 0.361 e. The summed E-state index contributed by atoms with van der Waals surface area (Å²) in [5.74, 6) is 0.632. The minimum absolute atomic E-state index is 0.123. The first-order chi connectivity index (χ1) is 8.59. The Morgan fingerprint density at radius 2 is 2.28 bits per heavy atom. The van der Waals surface area contributed by atoms with Gasteiger partial charge in [0.15, 0.2) is 11.9 Å². The van der Waals surface area contributed by atoms with Crippen molar-refractivity contribution in [2.24, 2.45) is 11.3 Å². The summed E-state index contributed by atoms with van der Waals surface area (Å²) in [6.45, 7) is 5.20. The number of rotatable bonds is 2. The molecule has 5 atom stereocenters. The highest BCUT2D eigenvalue weighted by Crippen LogP contribution is 2.68. The van der Waals surface area contributed by atoms with E-state index in [1.807, 2.05) is 0 Å². The van der Waals surface area contributed by atoms with Crippen LogP contribution in [0.2, 0.25) is 0 Å². The summed E-state index contributed by atoms with van der Waals surface area (Å²) >= 11 is 0. The molecule has 0 N–H and O–H groups in total. The summed E-state index contributed by atoms with van der Waals surface area (Å²) in [5, 5.41) is 0. The molecule has 4 aliphatic rings. The molecule has 98 valence electrons. The van der Waals surface area contributed by atoms with Crippen LogP contribution in [0, 0.1) is 11.3 Å². The van der Waals surface area contributed by atoms with Gasteiger partial charge in [0, 0.05) is 11.8 Å². The Morgan fingerprint density at radius 1 is 1.50 bits per heavy atom. The molecular weight excluding hydrogens is 228 g/mol. The molecule has 0 spiro atoms. The SMILES string of the molecule is CC1CCCC2=CCC3(C4(C=O)CO4)OC3C21C. The maximum atomic E-state index is 11.3. The second-order valence-corrected chi connectivity index (χ2v) is 6.69. The van der Waals surface area contributed by atoms with Gasteiger partial charge >= 0.3 is 0 Å². The number of ether oxygens (including phenoxy) is 2. The minimum Gasteiger partial charge on any atom is -0.361 e. The predicted molar refractivity (Wildman–Crippen MR) is 66.2 cm³/mol. The lowest BCUT2D eigenvalue weighted by atomic mass is 9.57. The van der Waals surface area contributed by atoms with Crippen LogP contribution >= 0.6 is 0 Å². The first kappa shape index (κ1) is 11.2. The highest BCUT2D eigenvalue weighted by atomic mass is 16.7.